The summed E-state index contributed by atoms with van der Waals surface area (Å²) in [5, 5.41) is 2.85. The predicted octanol–water partition coefficient (Wildman–Crippen LogP) is 5.81. The van der Waals surface area contributed by atoms with Gasteiger partial charge in [0, 0.05) is 8.77 Å². The number of urea groups is 1. The van der Waals surface area contributed by atoms with Crippen molar-refractivity contribution in [3.8, 4) is 0 Å². The first kappa shape index (κ1) is 22.5. The number of rotatable bonds is 5. The molecule has 1 aliphatic heterocycles. The number of aryl methyl sites for hydroxylation is 1. The average molecular weight is 425 g/mol. The first-order valence-corrected chi connectivity index (χ1v) is 11.0. The zero-order valence-electron chi connectivity index (χ0n) is 19.1. The molecule has 3 aromatic rings. The maximum atomic E-state index is 13.2. The van der Waals surface area contributed by atoms with Gasteiger partial charge in [-0.15, -0.1) is 0 Å². The third-order valence-corrected chi connectivity index (χ3v) is 5.68. The summed E-state index contributed by atoms with van der Waals surface area (Å²) in [4.78, 5) is 35.5. The summed E-state index contributed by atoms with van der Waals surface area (Å²) < 4.78 is 0. The van der Waals surface area contributed by atoms with Crippen LogP contribution in [0.1, 0.15) is 66.4 Å². The van der Waals surface area contributed by atoms with E-state index in [-0.39, 0.29) is 26.6 Å². The van der Waals surface area contributed by atoms with E-state index in [2.05, 4.69) is 10.3 Å². The van der Waals surface area contributed by atoms with Gasteiger partial charge in [0.25, 0.3) is 5.91 Å². The molecule has 0 unspecified atom stereocenters. The van der Waals surface area contributed by atoms with Gasteiger partial charge in [0.2, 0.25) is 0 Å². The van der Waals surface area contributed by atoms with Crippen LogP contribution in [0.4, 0.5) is 4.79 Å². The van der Waals surface area contributed by atoms with Crippen molar-refractivity contribution in [3.05, 3.63) is 65.5 Å². The van der Waals surface area contributed by atoms with Crippen molar-refractivity contribution >= 4 is 23.0 Å². The number of nitrogens with one attached hydrogen (secondary N) is 2. The second kappa shape index (κ2) is 9.33. The second-order valence-corrected chi connectivity index (χ2v) is 8.17. The highest BCUT2D eigenvalue weighted by atomic mass is 16.2. The van der Waals surface area contributed by atoms with E-state index >= 15 is 0 Å². The molecule has 0 bridgehead atoms. The van der Waals surface area contributed by atoms with Gasteiger partial charge in [0.05, 0.1) is 11.0 Å². The first-order chi connectivity index (χ1) is 14.9. The Morgan fingerprint density at radius 3 is 2.32 bits per heavy atom. The van der Waals surface area contributed by atoms with Gasteiger partial charge in [0.1, 0.15) is 17.9 Å². The normalized spacial score (nSPS) is 18.0. The van der Waals surface area contributed by atoms with Crippen LogP contribution in [0.5, 0.6) is 0 Å². The van der Waals surface area contributed by atoms with Crippen molar-refractivity contribution in [1.82, 2.24) is 20.2 Å². The average Bonchev–Trinajstić information content (AvgIpc) is 3.31. The number of aromatic nitrogens is 2. The molecule has 1 fully saturated rings. The molecule has 168 valence electrons. The Labute approximate surface area is 187 Å². The highest BCUT2D eigenvalue weighted by Gasteiger charge is 2.46. The van der Waals surface area contributed by atoms with Crippen molar-refractivity contribution in [3.63, 3.8) is 0 Å². The number of carbonyl (C=O) groups excluding carboxylic acids is 2. The summed E-state index contributed by atoms with van der Waals surface area (Å²) in [5.41, 5.74) is 3.89. The molecule has 0 saturated carbocycles. The fourth-order valence-electron chi connectivity index (χ4n) is 4.03. The molecule has 1 aromatic heterocycles. The van der Waals surface area contributed by atoms with Crippen LogP contribution in [0.25, 0.3) is 11.0 Å². The largest absolute Gasteiger partial charge is 0.340 e. The van der Waals surface area contributed by atoms with Crippen molar-refractivity contribution in [2.24, 2.45) is 5.92 Å². The Kier molecular flexibility index (Phi) is 6.78. The van der Waals surface area contributed by atoms with Gasteiger partial charge in [-0.3, -0.25) is 9.69 Å². The molecular weight excluding hydrogens is 388 g/mol. The van der Waals surface area contributed by atoms with E-state index in [0.717, 1.165) is 22.2 Å². The molecule has 0 aliphatic carbocycles. The number of H-pyrrole nitrogens is 1. The summed E-state index contributed by atoms with van der Waals surface area (Å²) in [6.45, 7) is 11.9. The Bertz CT molecular complexity index is 1070. The zero-order chi connectivity index (χ0) is 22.7. The quantitative estimate of drug-likeness (QED) is 0.507. The fourth-order valence-corrected chi connectivity index (χ4v) is 4.03. The Balaban J connectivity index is 0.00000133. The van der Waals surface area contributed by atoms with E-state index in [1.54, 1.807) is 0 Å². The predicted molar refractivity (Wildman–Crippen MR) is 128 cm³/mol. The maximum absolute atomic E-state index is 13.2. The molecule has 6 nitrogen and oxygen atoms in total. The molecule has 2 N–H and O–H groups in total. The van der Waals surface area contributed by atoms with Gasteiger partial charge >= 0.3 is 6.03 Å². The number of fused-ring (bicyclic) bond motifs is 1. The van der Waals surface area contributed by atoms with Gasteiger partial charge in [-0.25, -0.2) is 9.78 Å². The van der Waals surface area contributed by atoms with Gasteiger partial charge in [-0.1, -0.05) is 71.0 Å². The number of aromatic amines is 1. The molecule has 0 spiro atoms. The van der Waals surface area contributed by atoms with Crippen molar-refractivity contribution in [1.29, 1.82) is 0 Å². The Morgan fingerprint density at radius 1 is 1.03 bits per heavy atom. The topological polar surface area (TPSA) is 78.1 Å². The molecule has 1 aliphatic rings. The molecule has 6 heteroatoms. The van der Waals surface area contributed by atoms with Crippen LogP contribution in [-0.2, 0) is 4.79 Å². The lowest BCUT2D eigenvalue weighted by Gasteiger charge is -2.29. The fraction of sp³-hybridized carbons (Fsp3) is 0.400. The van der Waals surface area contributed by atoms with Crippen LogP contribution in [0, 0.1) is 12.8 Å². The SMILES string of the molecule is CC.Cc1ccc2nc([C@H]([C@@H](C)c3ccccc3)N3C(=O)N[C@H](C(C)C)C3=O)[nH]c2c1.[HH].[HH]. The summed E-state index contributed by atoms with van der Waals surface area (Å²) >= 11 is 0. The van der Waals surface area contributed by atoms with Gasteiger partial charge < -0.3 is 10.3 Å². The Morgan fingerprint density at radius 2 is 1.71 bits per heavy atom. The van der Waals surface area contributed by atoms with E-state index in [4.69, 9.17) is 4.98 Å². The molecule has 0 radical (unpaired) electrons. The minimum absolute atomic E-state index is 0. The van der Waals surface area contributed by atoms with Crippen LogP contribution in [0.15, 0.2) is 48.5 Å². The Hall–Kier alpha value is -3.15. The molecule has 3 atom stereocenters. The van der Waals surface area contributed by atoms with Crippen molar-refractivity contribution in [2.75, 3.05) is 0 Å². The minimum Gasteiger partial charge on any atom is -0.340 e. The number of hydrogen-bond donors (Lipinski definition) is 2. The van der Waals surface area contributed by atoms with E-state index in [9.17, 15) is 9.59 Å². The summed E-state index contributed by atoms with van der Waals surface area (Å²) in [6, 6.07) is 14.5. The number of nitrogens with zero attached hydrogens (tertiary/aromatic N) is 2. The number of hydrogen-bond acceptors (Lipinski definition) is 3. The summed E-state index contributed by atoms with van der Waals surface area (Å²) in [7, 11) is 0. The van der Waals surface area contributed by atoms with E-state index in [1.807, 2.05) is 90.1 Å². The van der Waals surface area contributed by atoms with Gasteiger partial charge in [-0.05, 0) is 36.1 Å². The maximum Gasteiger partial charge on any atom is 0.325 e. The summed E-state index contributed by atoms with van der Waals surface area (Å²) in [6.07, 6.45) is 0. The minimum atomic E-state index is -0.527. The van der Waals surface area contributed by atoms with Crippen LogP contribution >= 0.6 is 0 Å². The molecule has 1 saturated heterocycles. The number of imide groups is 1. The zero-order valence-corrected chi connectivity index (χ0v) is 19.1. The number of imidazole rings is 1. The molecule has 2 heterocycles. The van der Waals surface area contributed by atoms with E-state index < -0.39 is 12.1 Å². The number of benzene rings is 2. The standard InChI is InChI=1S/C23H26N4O2.C2H6.2H2/c1-13(2)19-22(28)27(23(29)26-19)20(15(4)16-8-6-5-7-9-16)21-24-17-11-10-14(3)12-18(17)25-21;1-2;;/h5-13,15,19-20H,1-4H3,(H,24,25)(H,26,29);1-2H3;2*1H/t15-,19+,20-;;;/m0.../s1. The van der Waals surface area contributed by atoms with E-state index in [1.165, 1.54) is 4.90 Å². The second-order valence-electron chi connectivity index (χ2n) is 8.17. The third-order valence-electron chi connectivity index (χ3n) is 5.68. The number of amides is 3. The van der Waals surface area contributed by atoms with Crippen LogP contribution in [0.2, 0.25) is 0 Å². The highest BCUT2D eigenvalue weighted by molar-refractivity contribution is 6.04. The third kappa shape index (κ3) is 4.33. The first-order valence-electron chi connectivity index (χ1n) is 11.0. The van der Waals surface area contributed by atoms with Crippen molar-refractivity contribution in [2.45, 2.75) is 59.5 Å². The lowest BCUT2D eigenvalue weighted by Crippen LogP contribution is -2.39. The molecule has 2 aromatic carbocycles. The molecular formula is C25H36N4O2. The molecule has 3 amide bonds. The lowest BCUT2D eigenvalue weighted by molar-refractivity contribution is -0.130. The van der Waals surface area contributed by atoms with Crippen LogP contribution in [-0.4, -0.2) is 32.8 Å². The molecule has 31 heavy (non-hydrogen) atoms. The summed E-state index contributed by atoms with van der Waals surface area (Å²) in [5.74, 6) is 0.310. The van der Waals surface area contributed by atoms with Crippen LogP contribution < -0.4 is 5.32 Å². The van der Waals surface area contributed by atoms with Gasteiger partial charge in [-0.2, -0.15) is 0 Å². The highest BCUT2D eigenvalue weighted by Crippen LogP contribution is 2.37. The van der Waals surface area contributed by atoms with Crippen molar-refractivity contribution < 1.29 is 12.4 Å². The monoisotopic (exact) mass is 424 g/mol. The number of carbonyl (C=O) groups is 2. The van der Waals surface area contributed by atoms with Gasteiger partial charge in [0.15, 0.2) is 0 Å². The lowest BCUT2D eigenvalue weighted by atomic mass is 9.91. The van der Waals surface area contributed by atoms with E-state index in [0.29, 0.717) is 5.82 Å². The van der Waals surface area contributed by atoms with Crippen LogP contribution in [0.3, 0.4) is 0 Å². The smallest absolute Gasteiger partial charge is 0.325 e. The molecule has 4 rings (SSSR count).